The summed E-state index contributed by atoms with van der Waals surface area (Å²) in [6.45, 7) is 1.51. The molecule has 9 heteroatoms. The van der Waals surface area contributed by atoms with Crippen LogP contribution in [-0.2, 0) is 6.54 Å². The average molecular weight is 367 g/mol. The monoisotopic (exact) mass is 366 g/mol. The molecule has 3 aromatic rings. The van der Waals surface area contributed by atoms with E-state index < -0.39 is 0 Å². The number of hydrogen-bond acceptors (Lipinski definition) is 5. The van der Waals surface area contributed by atoms with E-state index in [0.717, 1.165) is 12.0 Å². The van der Waals surface area contributed by atoms with Crippen molar-refractivity contribution in [3.63, 3.8) is 0 Å². The number of nitrogens with two attached hydrogens (primary N) is 1. The Balaban J connectivity index is 1.97. The van der Waals surface area contributed by atoms with Crippen LogP contribution in [0.15, 0.2) is 29.2 Å². The molecule has 0 atom stereocenters. The van der Waals surface area contributed by atoms with Crippen molar-refractivity contribution in [3.05, 3.63) is 50.5 Å². The molecule has 4 N–H and O–H groups in total. The standard InChI is InChI=1S/C15H16Cl2N6O/c16-10-4-1-3-9(12(10)17)8-23-13-11(21-15(23)24)7-20-14(22-13)19-6-2-5-18/h1,3-4,7H,2,5-6,8,18H2,(H,21,24)(H,19,20,22). The number of fused-ring (bicyclic) bond motifs is 1. The maximum absolute atomic E-state index is 12.2. The highest BCUT2D eigenvalue weighted by atomic mass is 35.5. The highest BCUT2D eigenvalue weighted by Gasteiger charge is 2.13. The lowest BCUT2D eigenvalue weighted by Crippen LogP contribution is -2.18. The summed E-state index contributed by atoms with van der Waals surface area (Å²) in [4.78, 5) is 23.6. The molecular weight excluding hydrogens is 351 g/mol. The summed E-state index contributed by atoms with van der Waals surface area (Å²) >= 11 is 12.3. The molecule has 0 fully saturated rings. The molecular formula is C15H16Cl2N6O. The normalized spacial score (nSPS) is 11.1. The maximum atomic E-state index is 12.2. The molecule has 126 valence electrons. The fraction of sp³-hybridized carbons (Fsp3) is 0.267. The molecule has 2 heterocycles. The number of aromatic amines is 1. The van der Waals surface area contributed by atoms with Crippen LogP contribution >= 0.6 is 23.2 Å². The van der Waals surface area contributed by atoms with Crippen LogP contribution in [0.3, 0.4) is 0 Å². The Bertz CT molecular complexity index is 920. The number of nitrogens with one attached hydrogen (secondary N) is 2. The largest absolute Gasteiger partial charge is 0.354 e. The van der Waals surface area contributed by atoms with Crippen LogP contribution < -0.4 is 16.7 Å². The van der Waals surface area contributed by atoms with Gasteiger partial charge in [0.25, 0.3) is 0 Å². The summed E-state index contributed by atoms with van der Waals surface area (Å²) in [5, 5.41) is 3.95. The molecule has 0 saturated heterocycles. The Labute approximate surface area is 147 Å². The van der Waals surface area contributed by atoms with Crippen molar-refractivity contribution in [1.29, 1.82) is 0 Å². The smallest absolute Gasteiger partial charge is 0.328 e. The number of rotatable bonds is 6. The van der Waals surface area contributed by atoms with Gasteiger partial charge in [-0.1, -0.05) is 35.3 Å². The van der Waals surface area contributed by atoms with E-state index in [4.69, 9.17) is 28.9 Å². The predicted octanol–water partition coefficient (Wildman–Crippen LogP) is 2.24. The summed E-state index contributed by atoms with van der Waals surface area (Å²) in [5.74, 6) is 0.445. The molecule has 7 nitrogen and oxygen atoms in total. The fourth-order valence-corrected chi connectivity index (χ4v) is 2.70. The van der Waals surface area contributed by atoms with Gasteiger partial charge in [-0.2, -0.15) is 4.98 Å². The second-order valence-electron chi connectivity index (χ2n) is 5.23. The zero-order chi connectivity index (χ0) is 17.1. The number of anilines is 1. The van der Waals surface area contributed by atoms with Gasteiger partial charge in [-0.25, -0.2) is 9.78 Å². The first-order valence-electron chi connectivity index (χ1n) is 7.42. The molecule has 0 aliphatic heterocycles. The summed E-state index contributed by atoms with van der Waals surface area (Å²) in [6.07, 6.45) is 2.38. The molecule has 2 aromatic heterocycles. The molecule has 1 aromatic carbocycles. The lowest BCUT2D eigenvalue weighted by atomic mass is 10.2. The number of halogens is 2. The van der Waals surface area contributed by atoms with Crippen molar-refractivity contribution in [2.45, 2.75) is 13.0 Å². The fourth-order valence-electron chi connectivity index (χ4n) is 2.32. The van der Waals surface area contributed by atoms with Gasteiger partial charge in [-0.05, 0) is 24.6 Å². The SMILES string of the molecule is NCCCNc1ncc2[nH]c(=O)n(Cc3cccc(Cl)c3Cl)c2n1. The minimum atomic E-state index is -0.283. The number of aromatic nitrogens is 4. The third-order valence-corrected chi connectivity index (χ3v) is 4.39. The third-order valence-electron chi connectivity index (χ3n) is 3.54. The van der Waals surface area contributed by atoms with E-state index in [2.05, 4.69) is 20.3 Å². The van der Waals surface area contributed by atoms with Crippen molar-refractivity contribution < 1.29 is 0 Å². The molecule has 0 aliphatic carbocycles. The van der Waals surface area contributed by atoms with Gasteiger partial charge in [-0.15, -0.1) is 0 Å². The van der Waals surface area contributed by atoms with Gasteiger partial charge in [0.1, 0.15) is 5.52 Å². The van der Waals surface area contributed by atoms with E-state index in [9.17, 15) is 4.79 Å². The van der Waals surface area contributed by atoms with E-state index in [1.807, 2.05) is 6.07 Å². The molecule has 0 radical (unpaired) electrons. The molecule has 3 rings (SSSR count). The van der Waals surface area contributed by atoms with Crippen molar-refractivity contribution >= 4 is 40.3 Å². The molecule has 0 saturated carbocycles. The van der Waals surface area contributed by atoms with Crippen LogP contribution in [0.25, 0.3) is 11.2 Å². The van der Waals surface area contributed by atoms with Gasteiger partial charge in [0.2, 0.25) is 5.95 Å². The molecule has 24 heavy (non-hydrogen) atoms. The quantitative estimate of drug-likeness (QED) is 0.580. The molecule has 0 spiro atoms. The van der Waals surface area contributed by atoms with Gasteiger partial charge in [0.05, 0.1) is 22.8 Å². The topological polar surface area (TPSA) is 102 Å². The number of benzene rings is 1. The number of nitrogens with zero attached hydrogens (tertiary/aromatic N) is 3. The van der Waals surface area contributed by atoms with Crippen LogP contribution in [0.5, 0.6) is 0 Å². The Hall–Kier alpha value is -2.09. The molecule has 0 unspecified atom stereocenters. The minimum Gasteiger partial charge on any atom is -0.354 e. The first-order valence-corrected chi connectivity index (χ1v) is 8.18. The van der Waals surface area contributed by atoms with Crippen molar-refractivity contribution in [2.75, 3.05) is 18.4 Å². The van der Waals surface area contributed by atoms with E-state index in [-0.39, 0.29) is 12.2 Å². The minimum absolute atomic E-state index is 0.261. The summed E-state index contributed by atoms with van der Waals surface area (Å²) in [6, 6.07) is 5.31. The average Bonchev–Trinajstić information content (AvgIpc) is 2.87. The second kappa shape index (κ2) is 7.21. The third kappa shape index (κ3) is 3.38. The molecule has 0 aliphatic rings. The summed E-state index contributed by atoms with van der Waals surface area (Å²) < 4.78 is 1.50. The van der Waals surface area contributed by atoms with Gasteiger partial charge < -0.3 is 16.0 Å². The number of imidazole rings is 1. The van der Waals surface area contributed by atoms with E-state index >= 15 is 0 Å². The van der Waals surface area contributed by atoms with Gasteiger partial charge >= 0.3 is 5.69 Å². The van der Waals surface area contributed by atoms with Crippen LogP contribution in [0.1, 0.15) is 12.0 Å². The van der Waals surface area contributed by atoms with Crippen molar-refractivity contribution in [3.8, 4) is 0 Å². The van der Waals surface area contributed by atoms with Crippen LogP contribution in [0, 0.1) is 0 Å². The van der Waals surface area contributed by atoms with Crippen LogP contribution in [-0.4, -0.2) is 32.6 Å². The Morgan fingerprint density at radius 1 is 1.33 bits per heavy atom. The van der Waals surface area contributed by atoms with E-state index in [1.54, 1.807) is 18.3 Å². The predicted molar refractivity (Wildman–Crippen MR) is 95.9 cm³/mol. The zero-order valence-electron chi connectivity index (χ0n) is 12.7. The maximum Gasteiger partial charge on any atom is 0.328 e. The highest BCUT2D eigenvalue weighted by Crippen LogP contribution is 2.26. The Morgan fingerprint density at radius 3 is 2.96 bits per heavy atom. The number of hydrogen-bond donors (Lipinski definition) is 3. The summed E-state index contributed by atoms with van der Waals surface area (Å²) in [5.41, 5.74) is 6.98. The zero-order valence-corrected chi connectivity index (χ0v) is 14.2. The lowest BCUT2D eigenvalue weighted by molar-refractivity contribution is 0.777. The van der Waals surface area contributed by atoms with Gasteiger partial charge in [-0.3, -0.25) is 4.57 Å². The molecule has 0 bridgehead atoms. The van der Waals surface area contributed by atoms with Crippen LogP contribution in [0.2, 0.25) is 10.0 Å². The van der Waals surface area contributed by atoms with Gasteiger partial charge in [0, 0.05) is 6.54 Å². The summed E-state index contributed by atoms with van der Waals surface area (Å²) in [7, 11) is 0. The highest BCUT2D eigenvalue weighted by molar-refractivity contribution is 6.42. The Kier molecular flexibility index (Phi) is 5.03. The first kappa shape index (κ1) is 16.8. The van der Waals surface area contributed by atoms with E-state index in [0.29, 0.717) is 40.2 Å². The molecule has 0 amide bonds. The van der Waals surface area contributed by atoms with Crippen molar-refractivity contribution in [2.24, 2.45) is 5.73 Å². The van der Waals surface area contributed by atoms with Crippen molar-refractivity contribution in [1.82, 2.24) is 19.5 Å². The van der Waals surface area contributed by atoms with E-state index in [1.165, 1.54) is 4.57 Å². The van der Waals surface area contributed by atoms with Gasteiger partial charge in [0.15, 0.2) is 5.65 Å². The Morgan fingerprint density at radius 2 is 2.17 bits per heavy atom. The van der Waals surface area contributed by atoms with Crippen LogP contribution in [0.4, 0.5) is 5.95 Å². The first-order chi connectivity index (χ1) is 11.6. The second-order valence-corrected chi connectivity index (χ2v) is 6.01. The lowest BCUT2D eigenvalue weighted by Gasteiger charge is -2.08. The number of H-pyrrole nitrogens is 1.